The number of hydrogen-bond acceptors (Lipinski definition) is 3. The molecule has 0 aromatic carbocycles. The fourth-order valence-electron chi connectivity index (χ4n) is 3.03. The molecule has 18 heavy (non-hydrogen) atoms. The van der Waals surface area contributed by atoms with Gasteiger partial charge in [-0.25, -0.2) is 0 Å². The maximum atomic E-state index is 11.6. The number of nitrogens with zero attached hydrogens (tertiary/aromatic N) is 1. The molecule has 1 aromatic heterocycles. The quantitative estimate of drug-likeness (QED) is 0.893. The van der Waals surface area contributed by atoms with Crippen LogP contribution in [0.25, 0.3) is 0 Å². The van der Waals surface area contributed by atoms with Gasteiger partial charge in [0.05, 0.1) is 11.6 Å². The Balaban J connectivity index is 2.08. The molecule has 1 heterocycles. The number of hydrogen-bond donors (Lipinski definition) is 1. The average molecular weight is 251 g/mol. The van der Waals surface area contributed by atoms with Gasteiger partial charge in [0.15, 0.2) is 0 Å². The number of aliphatic carboxylic acids is 1. The highest BCUT2D eigenvalue weighted by atomic mass is 16.5. The third kappa shape index (κ3) is 2.57. The number of aromatic nitrogens is 1. The molecule has 0 saturated heterocycles. The number of carbonyl (C=O) groups is 1. The zero-order valence-electron chi connectivity index (χ0n) is 11.1. The van der Waals surface area contributed by atoms with E-state index in [-0.39, 0.29) is 0 Å². The molecule has 0 bridgehead atoms. The number of carboxylic acids is 1. The zero-order chi connectivity index (χ0) is 13.2. The lowest BCUT2D eigenvalue weighted by molar-refractivity contribution is -0.151. The van der Waals surface area contributed by atoms with Gasteiger partial charge in [0.2, 0.25) is 0 Å². The molecular formula is C14H21NO3. The summed E-state index contributed by atoms with van der Waals surface area (Å²) in [4.78, 5) is 11.6. The second-order valence-electron chi connectivity index (χ2n) is 5.88. The van der Waals surface area contributed by atoms with Crippen molar-refractivity contribution in [3.05, 3.63) is 18.0 Å². The van der Waals surface area contributed by atoms with Crippen LogP contribution in [-0.2, 0) is 11.2 Å². The molecule has 1 N–H and O–H groups in total. The van der Waals surface area contributed by atoms with Crippen LogP contribution in [0.5, 0.6) is 0 Å². The van der Waals surface area contributed by atoms with Gasteiger partial charge < -0.3 is 9.63 Å². The fraction of sp³-hybridized carbons (Fsp3) is 0.714. The molecule has 1 aliphatic carbocycles. The molecule has 0 amide bonds. The van der Waals surface area contributed by atoms with E-state index in [0.717, 1.165) is 31.2 Å². The van der Waals surface area contributed by atoms with Crippen molar-refractivity contribution < 1.29 is 14.4 Å². The molecule has 1 fully saturated rings. The van der Waals surface area contributed by atoms with Crippen molar-refractivity contribution >= 4 is 5.97 Å². The van der Waals surface area contributed by atoms with Gasteiger partial charge in [-0.3, -0.25) is 4.79 Å². The molecule has 100 valence electrons. The van der Waals surface area contributed by atoms with Crippen molar-refractivity contribution in [1.29, 1.82) is 0 Å². The Morgan fingerprint density at radius 3 is 2.67 bits per heavy atom. The Kier molecular flexibility index (Phi) is 3.73. The molecule has 0 spiro atoms. The van der Waals surface area contributed by atoms with E-state index in [4.69, 9.17) is 4.52 Å². The van der Waals surface area contributed by atoms with E-state index < -0.39 is 11.4 Å². The summed E-state index contributed by atoms with van der Waals surface area (Å²) in [6.07, 6.45) is 7.26. The summed E-state index contributed by atoms with van der Waals surface area (Å²) in [7, 11) is 0. The van der Waals surface area contributed by atoms with Crippen LogP contribution in [0.4, 0.5) is 0 Å². The minimum atomic E-state index is -0.675. The van der Waals surface area contributed by atoms with Crippen molar-refractivity contribution in [2.45, 2.75) is 46.0 Å². The van der Waals surface area contributed by atoms with Crippen molar-refractivity contribution in [1.82, 2.24) is 5.16 Å². The van der Waals surface area contributed by atoms with E-state index in [1.165, 1.54) is 0 Å². The molecule has 0 atom stereocenters. The predicted octanol–water partition coefficient (Wildman–Crippen LogP) is 3.13. The van der Waals surface area contributed by atoms with Gasteiger partial charge in [-0.1, -0.05) is 19.0 Å². The summed E-state index contributed by atoms with van der Waals surface area (Å²) in [5.74, 6) is 0.637. The highest BCUT2D eigenvalue weighted by molar-refractivity contribution is 5.75. The van der Waals surface area contributed by atoms with Gasteiger partial charge in [-0.2, -0.15) is 0 Å². The van der Waals surface area contributed by atoms with Crippen LogP contribution in [0.15, 0.2) is 17.0 Å². The van der Waals surface area contributed by atoms with E-state index in [1.807, 2.05) is 0 Å². The minimum absolute atomic E-state index is 0.538. The van der Waals surface area contributed by atoms with Crippen LogP contribution in [0.2, 0.25) is 0 Å². The summed E-state index contributed by atoms with van der Waals surface area (Å²) in [5.41, 5.74) is 0.275. The molecular weight excluding hydrogens is 230 g/mol. The predicted molar refractivity (Wildman–Crippen MR) is 67.1 cm³/mol. The van der Waals surface area contributed by atoms with Crippen LogP contribution in [0.1, 0.15) is 45.1 Å². The number of rotatable bonds is 4. The first-order chi connectivity index (χ1) is 8.53. The van der Waals surface area contributed by atoms with Gasteiger partial charge in [0.1, 0.15) is 6.26 Å². The van der Waals surface area contributed by atoms with Crippen molar-refractivity contribution in [2.24, 2.45) is 17.3 Å². The third-order valence-electron chi connectivity index (χ3n) is 4.41. The minimum Gasteiger partial charge on any atom is -0.481 e. The van der Waals surface area contributed by atoms with E-state index in [9.17, 15) is 9.90 Å². The lowest BCUT2D eigenvalue weighted by atomic mass is 9.66. The van der Waals surface area contributed by atoms with Gasteiger partial charge in [-0.05, 0) is 43.9 Å². The summed E-state index contributed by atoms with van der Waals surface area (Å²) >= 11 is 0. The van der Waals surface area contributed by atoms with E-state index in [0.29, 0.717) is 18.3 Å². The standard InChI is InChI=1S/C14H21NO3/c1-10(2)12-3-5-14(6-4-12,13(16)17)7-11-8-15-18-9-11/h8-10,12H,3-7H2,1-2H3,(H,16,17). The maximum Gasteiger partial charge on any atom is 0.309 e. The van der Waals surface area contributed by atoms with Crippen LogP contribution in [0, 0.1) is 17.3 Å². The Morgan fingerprint density at radius 2 is 2.22 bits per heavy atom. The Morgan fingerprint density at radius 1 is 1.56 bits per heavy atom. The fourth-order valence-corrected chi connectivity index (χ4v) is 3.03. The van der Waals surface area contributed by atoms with Crippen LogP contribution in [0.3, 0.4) is 0 Å². The van der Waals surface area contributed by atoms with Gasteiger partial charge in [-0.15, -0.1) is 0 Å². The van der Waals surface area contributed by atoms with E-state index >= 15 is 0 Å². The van der Waals surface area contributed by atoms with Gasteiger partial charge >= 0.3 is 5.97 Å². The number of carboxylic acid groups (broad SMARTS) is 1. The summed E-state index contributed by atoms with van der Waals surface area (Å²) in [5, 5.41) is 13.2. The van der Waals surface area contributed by atoms with E-state index in [1.54, 1.807) is 12.5 Å². The van der Waals surface area contributed by atoms with Crippen molar-refractivity contribution in [3.63, 3.8) is 0 Å². The first-order valence-electron chi connectivity index (χ1n) is 6.65. The van der Waals surface area contributed by atoms with Gasteiger partial charge in [0, 0.05) is 5.56 Å². The SMILES string of the molecule is CC(C)C1CCC(Cc2cnoc2)(C(=O)O)CC1. The van der Waals surface area contributed by atoms with Crippen LogP contribution in [-0.4, -0.2) is 16.2 Å². The maximum absolute atomic E-state index is 11.6. The smallest absolute Gasteiger partial charge is 0.309 e. The average Bonchev–Trinajstić information content (AvgIpc) is 2.82. The normalized spacial score (nSPS) is 28.5. The summed E-state index contributed by atoms with van der Waals surface area (Å²) < 4.78 is 4.80. The molecule has 1 aliphatic rings. The first-order valence-corrected chi connectivity index (χ1v) is 6.65. The Bertz CT molecular complexity index is 389. The molecule has 4 nitrogen and oxygen atoms in total. The monoisotopic (exact) mass is 251 g/mol. The molecule has 0 unspecified atom stereocenters. The van der Waals surface area contributed by atoms with E-state index in [2.05, 4.69) is 19.0 Å². The topological polar surface area (TPSA) is 63.3 Å². The van der Waals surface area contributed by atoms with Gasteiger partial charge in [0.25, 0.3) is 0 Å². The first kappa shape index (κ1) is 13.1. The molecule has 1 aromatic rings. The molecule has 1 saturated carbocycles. The lowest BCUT2D eigenvalue weighted by Crippen LogP contribution is -2.38. The molecule has 2 rings (SSSR count). The lowest BCUT2D eigenvalue weighted by Gasteiger charge is -2.38. The largest absolute Gasteiger partial charge is 0.481 e. The third-order valence-corrected chi connectivity index (χ3v) is 4.41. The molecule has 0 aliphatic heterocycles. The second-order valence-corrected chi connectivity index (χ2v) is 5.88. The van der Waals surface area contributed by atoms with Crippen LogP contribution >= 0.6 is 0 Å². The Labute approximate surface area is 107 Å². The summed E-state index contributed by atoms with van der Waals surface area (Å²) in [6.45, 7) is 4.44. The highest BCUT2D eigenvalue weighted by Crippen LogP contribution is 2.43. The summed E-state index contributed by atoms with van der Waals surface area (Å²) in [6, 6.07) is 0. The van der Waals surface area contributed by atoms with Crippen molar-refractivity contribution in [2.75, 3.05) is 0 Å². The second kappa shape index (κ2) is 5.12. The molecule has 0 radical (unpaired) electrons. The van der Waals surface area contributed by atoms with Crippen molar-refractivity contribution in [3.8, 4) is 0 Å². The Hall–Kier alpha value is -1.32. The van der Waals surface area contributed by atoms with Crippen LogP contribution < -0.4 is 0 Å². The molecule has 4 heteroatoms. The zero-order valence-corrected chi connectivity index (χ0v) is 11.1. The highest BCUT2D eigenvalue weighted by Gasteiger charge is 2.42.